The van der Waals surface area contributed by atoms with E-state index in [1.165, 1.54) is 0 Å². The lowest BCUT2D eigenvalue weighted by Crippen LogP contribution is -2.48. The van der Waals surface area contributed by atoms with Crippen LogP contribution in [-0.4, -0.2) is 62.8 Å². The fourth-order valence-corrected chi connectivity index (χ4v) is 1.91. The quantitative estimate of drug-likeness (QED) is 0.458. The summed E-state index contributed by atoms with van der Waals surface area (Å²) >= 11 is 0. The van der Waals surface area contributed by atoms with E-state index in [9.17, 15) is 19.5 Å². The van der Waals surface area contributed by atoms with Crippen LogP contribution in [-0.2, 0) is 14.4 Å². The van der Waals surface area contributed by atoms with Crippen LogP contribution in [0.4, 0.5) is 0 Å². The molecule has 8 nitrogen and oxygen atoms in total. The lowest BCUT2D eigenvalue weighted by Gasteiger charge is -2.24. The first-order valence-electron chi connectivity index (χ1n) is 5.51. The van der Waals surface area contributed by atoms with Crippen molar-refractivity contribution in [3.8, 4) is 0 Å². The van der Waals surface area contributed by atoms with E-state index in [0.29, 0.717) is 0 Å². The van der Waals surface area contributed by atoms with Gasteiger partial charge in [0.1, 0.15) is 6.04 Å². The van der Waals surface area contributed by atoms with Crippen LogP contribution in [0.25, 0.3) is 0 Å². The van der Waals surface area contributed by atoms with Crippen molar-refractivity contribution in [2.24, 2.45) is 5.73 Å². The number of β-amino-alcohol motifs (C(OH)–C–C–N with tert-alkyl or cyclic N) is 1. The Morgan fingerprint density at radius 1 is 1.33 bits per heavy atom. The molecule has 0 aliphatic carbocycles. The molecule has 3 atom stereocenters. The Bertz CT molecular complexity index is 358. The van der Waals surface area contributed by atoms with Crippen LogP contribution in [0.5, 0.6) is 0 Å². The Kier molecular flexibility index (Phi) is 4.62. The summed E-state index contributed by atoms with van der Waals surface area (Å²) < 4.78 is 0. The third-order valence-corrected chi connectivity index (χ3v) is 2.83. The van der Waals surface area contributed by atoms with Gasteiger partial charge in [0.25, 0.3) is 0 Å². The first kappa shape index (κ1) is 14.4. The van der Waals surface area contributed by atoms with Gasteiger partial charge >= 0.3 is 11.9 Å². The number of nitrogens with two attached hydrogens (primary N) is 1. The van der Waals surface area contributed by atoms with Crippen molar-refractivity contribution in [3.63, 3.8) is 0 Å². The maximum absolute atomic E-state index is 11.9. The molecule has 8 heteroatoms. The summed E-state index contributed by atoms with van der Waals surface area (Å²) in [5.41, 5.74) is 5.52. The van der Waals surface area contributed by atoms with Gasteiger partial charge in [-0.2, -0.15) is 0 Å². The summed E-state index contributed by atoms with van der Waals surface area (Å²) in [4.78, 5) is 34.1. The molecule has 0 aromatic heterocycles. The van der Waals surface area contributed by atoms with Gasteiger partial charge in [-0.25, -0.2) is 4.79 Å². The normalized spacial score (nSPS) is 24.9. The van der Waals surface area contributed by atoms with E-state index in [1.807, 2.05) is 0 Å². The Labute approximate surface area is 103 Å². The Balaban J connectivity index is 2.64. The van der Waals surface area contributed by atoms with Gasteiger partial charge < -0.3 is 26.0 Å². The van der Waals surface area contributed by atoms with E-state index in [-0.39, 0.29) is 25.8 Å². The molecule has 5 N–H and O–H groups in total. The molecular weight excluding hydrogens is 244 g/mol. The van der Waals surface area contributed by atoms with Gasteiger partial charge in [0, 0.05) is 19.4 Å². The summed E-state index contributed by atoms with van der Waals surface area (Å²) in [7, 11) is 0. The number of carboxylic acid groups (broad SMARTS) is 2. The molecule has 0 radical (unpaired) electrons. The topological polar surface area (TPSA) is 141 Å². The van der Waals surface area contributed by atoms with Crippen LogP contribution in [0.15, 0.2) is 0 Å². The molecule has 1 fully saturated rings. The first-order valence-corrected chi connectivity index (χ1v) is 5.51. The SMILES string of the molecule is NC(CCC(=O)O)C(=O)N1C[C@H](O)C[C@@H]1C(=O)O. The number of nitrogens with zero attached hydrogens (tertiary/aromatic N) is 1. The number of aliphatic hydroxyl groups excluding tert-OH is 1. The minimum absolute atomic E-state index is 0.0350. The van der Waals surface area contributed by atoms with Crippen molar-refractivity contribution >= 4 is 17.8 Å². The minimum Gasteiger partial charge on any atom is -0.481 e. The molecule has 1 aliphatic rings. The third kappa shape index (κ3) is 3.41. The number of aliphatic hydroxyl groups is 1. The van der Waals surface area contributed by atoms with Crippen molar-refractivity contribution in [1.29, 1.82) is 0 Å². The molecule has 1 aliphatic heterocycles. The molecule has 0 spiro atoms. The number of amides is 1. The number of hydrogen-bond acceptors (Lipinski definition) is 5. The van der Waals surface area contributed by atoms with Crippen molar-refractivity contribution in [2.45, 2.75) is 37.5 Å². The van der Waals surface area contributed by atoms with Gasteiger partial charge in [0.2, 0.25) is 5.91 Å². The van der Waals surface area contributed by atoms with Crippen molar-refractivity contribution in [3.05, 3.63) is 0 Å². The van der Waals surface area contributed by atoms with Crippen molar-refractivity contribution in [1.82, 2.24) is 4.90 Å². The highest BCUT2D eigenvalue weighted by Crippen LogP contribution is 2.19. The molecular formula is C10H16N2O6. The van der Waals surface area contributed by atoms with Gasteiger partial charge in [0.15, 0.2) is 0 Å². The summed E-state index contributed by atoms with van der Waals surface area (Å²) in [5.74, 6) is -2.92. The van der Waals surface area contributed by atoms with E-state index < -0.39 is 36.0 Å². The Morgan fingerprint density at radius 2 is 1.94 bits per heavy atom. The molecule has 1 saturated heterocycles. The average molecular weight is 260 g/mol. The van der Waals surface area contributed by atoms with Crippen LogP contribution >= 0.6 is 0 Å². The van der Waals surface area contributed by atoms with Gasteiger partial charge in [-0.05, 0) is 6.42 Å². The summed E-state index contributed by atoms with van der Waals surface area (Å²) in [6.07, 6.45) is -1.25. The van der Waals surface area contributed by atoms with E-state index in [4.69, 9.17) is 15.9 Å². The van der Waals surface area contributed by atoms with Crippen LogP contribution in [0.1, 0.15) is 19.3 Å². The van der Waals surface area contributed by atoms with Crippen molar-refractivity contribution < 1.29 is 29.7 Å². The highest BCUT2D eigenvalue weighted by atomic mass is 16.4. The minimum atomic E-state index is -1.20. The highest BCUT2D eigenvalue weighted by Gasteiger charge is 2.40. The summed E-state index contributed by atoms with van der Waals surface area (Å²) in [5, 5.41) is 26.8. The molecule has 18 heavy (non-hydrogen) atoms. The molecule has 1 amide bonds. The van der Waals surface area contributed by atoms with Gasteiger partial charge in [0.05, 0.1) is 12.1 Å². The average Bonchev–Trinajstić information content (AvgIpc) is 2.67. The summed E-state index contributed by atoms with van der Waals surface area (Å²) in [6, 6.07) is -2.16. The molecule has 1 rings (SSSR count). The first-order chi connectivity index (χ1) is 8.32. The second-order valence-corrected chi connectivity index (χ2v) is 4.27. The molecule has 0 aromatic carbocycles. The van der Waals surface area contributed by atoms with E-state index in [0.717, 1.165) is 4.90 Å². The van der Waals surface area contributed by atoms with Crippen LogP contribution < -0.4 is 5.73 Å². The largest absolute Gasteiger partial charge is 0.481 e. The van der Waals surface area contributed by atoms with Crippen LogP contribution in [0, 0.1) is 0 Å². The second kappa shape index (κ2) is 5.78. The molecule has 102 valence electrons. The zero-order valence-electron chi connectivity index (χ0n) is 9.65. The van der Waals surface area contributed by atoms with Gasteiger partial charge in [-0.15, -0.1) is 0 Å². The zero-order valence-corrected chi connectivity index (χ0v) is 9.65. The van der Waals surface area contributed by atoms with Crippen molar-refractivity contribution in [2.75, 3.05) is 6.54 Å². The van der Waals surface area contributed by atoms with Gasteiger partial charge in [-0.1, -0.05) is 0 Å². The van der Waals surface area contributed by atoms with Crippen LogP contribution in [0.2, 0.25) is 0 Å². The monoisotopic (exact) mass is 260 g/mol. The number of carboxylic acids is 2. The molecule has 0 saturated carbocycles. The number of hydrogen-bond donors (Lipinski definition) is 4. The number of carbonyl (C=O) groups excluding carboxylic acids is 1. The zero-order chi connectivity index (χ0) is 13.9. The van der Waals surface area contributed by atoms with Gasteiger partial charge in [-0.3, -0.25) is 9.59 Å². The predicted molar refractivity (Wildman–Crippen MR) is 58.6 cm³/mol. The number of aliphatic carboxylic acids is 2. The smallest absolute Gasteiger partial charge is 0.326 e. The molecule has 0 bridgehead atoms. The molecule has 0 aromatic rings. The number of carbonyl (C=O) groups is 3. The lowest BCUT2D eigenvalue weighted by atomic mass is 10.1. The standard InChI is InChI=1S/C10H16N2O6/c11-6(1-2-8(14)15)9(16)12-4-5(13)3-7(12)10(17)18/h5-7,13H,1-4,11H2,(H,14,15)(H,17,18)/t5-,6?,7-/m1/s1. The van der Waals surface area contributed by atoms with E-state index in [1.54, 1.807) is 0 Å². The molecule has 1 heterocycles. The van der Waals surface area contributed by atoms with Crippen LogP contribution in [0.3, 0.4) is 0 Å². The fourth-order valence-electron chi connectivity index (χ4n) is 1.91. The van der Waals surface area contributed by atoms with E-state index >= 15 is 0 Å². The Morgan fingerprint density at radius 3 is 2.44 bits per heavy atom. The maximum Gasteiger partial charge on any atom is 0.326 e. The predicted octanol–water partition coefficient (Wildman–Crippen LogP) is -1.78. The lowest BCUT2D eigenvalue weighted by molar-refractivity contribution is -0.149. The number of rotatable bonds is 5. The van der Waals surface area contributed by atoms with E-state index in [2.05, 4.69) is 0 Å². The fraction of sp³-hybridized carbons (Fsp3) is 0.700. The third-order valence-electron chi connectivity index (χ3n) is 2.83. The second-order valence-electron chi connectivity index (χ2n) is 4.27. The summed E-state index contributed by atoms with van der Waals surface area (Å²) in [6.45, 7) is -0.0867. The Hall–Kier alpha value is -1.67. The highest BCUT2D eigenvalue weighted by molar-refractivity contribution is 5.87. The maximum atomic E-state index is 11.9. The number of likely N-dealkylation sites (tertiary alicyclic amines) is 1. The molecule has 1 unspecified atom stereocenters.